The molecule has 0 fully saturated rings. The van der Waals surface area contributed by atoms with Crippen molar-refractivity contribution in [1.82, 2.24) is 0 Å². The number of hydrogen-bond donors (Lipinski definition) is 3. The normalized spacial score (nSPS) is 20.0. The lowest BCUT2D eigenvalue weighted by Crippen LogP contribution is -2.32. The highest BCUT2D eigenvalue weighted by Crippen LogP contribution is 1.99. The third-order valence-corrected chi connectivity index (χ3v) is 0.462. The fourth-order valence-electron chi connectivity index (χ4n) is 0. The van der Waals surface area contributed by atoms with Crippen LogP contribution in [0.3, 0.4) is 0 Å². The zero-order chi connectivity index (χ0) is 5.21. The molecule has 3 heteroatoms. The molecule has 0 aliphatic heterocycles. The van der Waals surface area contributed by atoms with E-state index in [1.807, 2.05) is 0 Å². The molecule has 0 aromatic heterocycles. The first-order chi connectivity index (χ1) is 2.56. The number of nitrogens with two attached hydrogens (primary N) is 1. The second-order valence-corrected chi connectivity index (χ2v) is 2.54. The highest BCUT2D eigenvalue weighted by Gasteiger charge is 2.06. The van der Waals surface area contributed by atoms with E-state index in [0.717, 1.165) is 0 Å². The van der Waals surface area contributed by atoms with Crippen LogP contribution in [-0.4, -0.2) is 16.6 Å². The van der Waals surface area contributed by atoms with Gasteiger partial charge in [-0.05, 0) is 6.92 Å². The standard InChI is InChI=1S/C3H9NOS/c1-3(4,6)2-5/h5-6H,2,4H2,1H3. The molecule has 0 aliphatic rings. The van der Waals surface area contributed by atoms with Gasteiger partial charge in [0.25, 0.3) is 0 Å². The molecule has 0 bridgehead atoms. The van der Waals surface area contributed by atoms with Crippen molar-refractivity contribution >= 4 is 12.6 Å². The summed E-state index contributed by atoms with van der Waals surface area (Å²) >= 11 is 3.78. The molecular formula is C3H9NOS. The summed E-state index contributed by atoms with van der Waals surface area (Å²) in [6.45, 7) is 1.55. The minimum atomic E-state index is -0.708. The van der Waals surface area contributed by atoms with Crippen LogP contribution < -0.4 is 5.73 Å². The Balaban J connectivity index is 3.17. The summed E-state index contributed by atoms with van der Waals surface area (Å²) in [4.78, 5) is -0.708. The Morgan fingerprint density at radius 2 is 2.17 bits per heavy atom. The molecular weight excluding hydrogens is 98.1 g/mol. The number of hydrogen-bond acceptors (Lipinski definition) is 3. The molecule has 3 N–H and O–H groups in total. The first-order valence-corrected chi connectivity index (χ1v) is 2.13. The van der Waals surface area contributed by atoms with Crippen LogP contribution in [0.5, 0.6) is 0 Å². The largest absolute Gasteiger partial charge is 0.394 e. The third-order valence-electron chi connectivity index (χ3n) is 0.320. The van der Waals surface area contributed by atoms with Gasteiger partial charge in [0, 0.05) is 0 Å². The zero-order valence-corrected chi connectivity index (χ0v) is 4.57. The van der Waals surface area contributed by atoms with Crippen molar-refractivity contribution in [2.24, 2.45) is 5.73 Å². The molecule has 1 atom stereocenters. The van der Waals surface area contributed by atoms with Gasteiger partial charge < -0.3 is 10.8 Å². The topological polar surface area (TPSA) is 46.2 Å². The Bertz CT molecular complexity index is 40.5. The van der Waals surface area contributed by atoms with Crippen LogP contribution in [0.15, 0.2) is 0 Å². The summed E-state index contributed by atoms with van der Waals surface area (Å²) in [7, 11) is 0. The highest BCUT2D eigenvalue weighted by atomic mass is 32.1. The SMILES string of the molecule is CC(N)(S)CO. The van der Waals surface area contributed by atoms with Gasteiger partial charge in [-0.15, -0.1) is 0 Å². The van der Waals surface area contributed by atoms with Crippen molar-refractivity contribution in [1.29, 1.82) is 0 Å². The Morgan fingerprint density at radius 1 is 2.00 bits per heavy atom. The molecule has 0 amide bonds. The summed E-state index contributed by atoms with van der Waals surface area (Å²) < 4.78 is 0. The minimum absolute atomic E-state index is 0.0872. The first-order valence-electron chi connectivity index (χ1n) is 1.68. The van der Waals surface area contributed by atoms with E-state index in [-0.39, 0.29) is 6.61 Å². The Kier molecular flexibility index (Phi) is 1.90. The summed E-state index contributed by atoms with van der Waals surface area (Å²) in [6.07, 6.45) is 0. The quantitative estimate of drug-likeness (QED) is 0.315. The predicted octanol–water partition coefficient (Wildman–Crippen LogP) is -0.417. The molecule has 2 nitrogen and oxygen atoms in total. The number of thiol groups is 1. The molecule has 0 aliphatic carbocycles. The summed E-state index contributed by atoms with van der Waals surface area (Å²) in [5, 5.41) is 8.20. The van der Waals surface area contributed by atoms with Gasteiger partial charge in [-0.3, -0.25) is 0 Å². The molecule has 0 aromatic carbocycles. The lowest BCUT2D eigenvalue weighted by Gasteiger charge is -2.10. The maximum atomic E-state index is 8.20. The molecule has 6 heavy (non-hydrogen) atoms. The monoisotopic (exact) mass is 107 g/mol. The van der Waals surface area contributed by atoms with Crippen LogP contribution in [0.1, 0.15) is 6.92 Å². The summed E-state index contributed by atoms with van der Waals surface area (Å²) in [5.74, 6) is 0. The van der Waals surface area contributed by atoms with Gasteiger partial charge in [0.1, 0.15) is 0 Å². The summed E-state index contributed by atoms with van der Waals surface area (Å²) in [5.41, 5.74) is 5.15. The van der Waals surface area contributed by atoms with Gasteiger partial charge in [-0.25, -0.2) is 0 Å². The molecule has 38 valence electrons. The van der Waals surface area contributed by atoms with Crippen LogP contribution in [0.2, 0.25) is 0 Å². The van der Waals surface area contributed by atoms with Gasteiger partial charge in [-0.1, -0.05) is 0 Å². The molecule has 1 unspecified atom stereocenters. The van der Waals surface area contributed by atoms with E-state index in [2.05, 4.69) is 12.6 Å². The van der Waals surface area contributed by atoms with Crippen molar-refractivity contribution in [2.45, 2.75) is 11.8 Å². The van der Waals surface area contributed by atoms with Gasteiger partial charge >= 0.3 is 0 Å². The van der Waals surface area contributed by atoms with Crippen molar-refractivity contribution in [3.8, 4) is 0 Å². The van der Waals surface area contributed by atoms with Crippen molar-refractivity contribution in [3.63, 3.8) is 0 Å². The van der Waals surface area contributed by atoms with Gasteiger partial charge in [0.2, 0.25) is 0 Å². The van der Waals surface area contributed by atoms with Crippen LogP contribution in [0.4, 0.5) is 0 Å². The molecule has 0 saturated carbocycles. The molecule has 0 rings (SSSR count). The Morgan fingerprint density at radius 3 is 2.17 bits per heavy atom. The average Bonchev–Trinajstić information content (AvgIpc) is 1.35. The number of rotatable bonds is 1. The fraction of sp³-hybridized carbons (Fsp3) is 1.00. The van der Waals surface area contributed by atoms with E-state index < -0.39 is 4.87 Å². The molecule has 0 radical (unpaired) electrons. The summed E-state index contributed by atoms with van der Waals surface area (Å²) in [6, 6.07) is 0. The third kappa shape index (κ3) is 4.27. The predicted molar refractivity (Wildman–Crippen MR) is 28.7 cm³/mol. The van der Waals surface area contributed by atoms with Crippen LogP contribution in [-0.2, 0) is 0 Å². The van der Waals surface area contributed by atoms with Crippen LogP contribution >= 0.6 is 12.6 Å². The van der Waals surface area contributed by atoms with E-state index in [1.165, 1.54) is 0 Å². The Labute approximate surface area is 42.8 Å². The molecule has 0 spiro atoms. The van der Waals surface area contributed by atoms with E-state index in [4.69, 9.17) is 10.8 Å². The van der Waals surface area contributed by atoms with Crippen molar-refractivity contribution in [3.05, 3.63) is 0 Å². The van der Waals surface area contributed by atoms with Crippen LogP contribution in [0.25, 0.3) is 0 Å². The first kappa shape index (κ1) is 6.27. The van der Waals surface area contributed by atoms with Gasteiger partial charge in [0.05, 0.1) is 11.5 Å². The minimum Gasteiger partial charge on any atom is -0.394 e. The van der Waals surface area contributed by atoms with Gasteiger partial charge in [0.15, 0.2) is 0 Å². The van der Waals surface area contributed by atoms with Crippen molar-refractivity contribution < 1.29 is 5.11 Å². The zero-order valence-electron chi connectivity index (χ0n) is 3.68. The maximum Gasteiger partial charge on any atom is 0.0796 e. The lowest BCUT2D eigenvalue weighted by atomic mass is 10.4. The van der Waals surface area contributed by atoms with Crippen LogP contribution in [0, 0.1) is 0 Å². The number of aliphatic hydroxyl groups is 1. The molecule has 0 aromatic rings. The second-order valence-electron chi connectivity index (χ2n) is 1.52. The average molecular weight is 107 g/mol. The van der Waals surface area contributed by atoms with Gasteiger partial charge in [-0.2, -0.15) is 12.6 Å². The van der Waals surface area contributed by atoms with Crippen molar-refractivity contribution in [2.75, 3.05) is 6.61 Å². The lowest BCUT2D eigenvalue weighted by molar-refractivity contribution is 0.260. The number of aliphatic hydroxyl groups excluding tert-OH is 1. The van der Waals surface area contributed by atoms with E-state index in [1.54, 1.807) is 6.92 Å². The molecule has 0 saturated heterocycles. The van der Waals surface area contributed by atoms with E-state index in [0.29, 0.717) is 0 Å². The Hall–Kier alpha value is 0.270. The molecule has 0 heterocycles. The smallest absolute Gasteiger partial charge is 0.0796 e. The van der Waals surface area contributed by atoms with E-state index >= 15 is 0 Å². The second kappa shape index (κ2) is 1.82. The highest BCUT2D eigenvalue weighted by molar-refractivity contribution is 7.81. The fourth-order valence-corrected chi connectivity index (χ4v) is 0. The maximum absolute atomic E-state index is 8.20. The van der Waals surface area contributed by atoms with E-state index in [9.17, 15) is 0 Å².